The van der Waals surface area contributed by atoms with E-state index in [9.17, 15) is 4.79 Å². The van der Waals surface area contributed by atoms with Gasteiger partial charge in [-0.2, -0.15) is 0 Å². The van der Waals surface area contributed by atoms with E-state index < -0.39 is 5.41 Å². The molecular formula is C12H14O3. The number of hydrogen-bond donors (Lipinski definition) is 0. The van der Waals surface area contributed by atoms with E-state index in [1.807, 2.05) is 31.2 Å². The monoisotopic (exact) mass is 206 g/mol. The van der Waals surface area contributed by atoms with Gasteiger partial charge in [0.25, 0.3) is 0 Å². The zero-order valence-electron chi connectivity index (χ0n) is 8.95. The predicted octanol–water partition coefficient (Wildman–Crippen LogP) is 1.90. The van der Waals surface area contributed by atoms with E-state index in [-0.39, 0.29) is 5.97 Å². The van der Waals surface area contributed by atoms with Crippen LogP contribution in [0.5, 0.6) is 5.75 Å². The molecule has 2 rings (SSSR count). The molecular weight excluding hydrogens is 192 g/mol. The minimum absolute atomic E-state index is 0.132. The van der Waals surface area contributed by atoms with E-state index in [1.54, 1.807) is 7.11 Å². The summed E-state index contributed by atoms with van der Waals surface area (Å²) in [5.41, 5.74) is 0.512. The van der Waals surface area contributed by atoms with E-state index in [0.717, 1.165) is 17.7 Å². The van der Waals surface area contributed by atoms with Crippen LogP contribution in [0.15, 0.2) is 24.3 Å². The summed E-state index contributed by atoms with van der Waals surface area (Å²) in [5, 5.41) is 0. The summed E-state index contributed by atoms with van der Waals surface area (Å²) in [7, 11) is 1.63. The number of cyclic esters (lactones) is 1. The maximum absolute atomic E-state index is 11.6. The van der Waals surface area contributed by atoms with Crippen LogP contribution in [-0.4, -0.2) is 19.7 Å². The molecule has 0 aliphatic carbocycles. The second-order valence-electron chi connectivity index (χ2n) is 3.95. The molecule has 1 aromatic rings. The fraction of sp³-hybridized carbons (Fsp3) is 0.417. The SMILES string of the molecule is COc1ccc([C@@]2(C)CCOC2=O)cc1. The molecule has 1 heterocycles. The summed E-state index contributed by atoms with van der Waals surface area (Å²) < 4.78 is 10.1. The fourth-order valence-electron chi connectivity index (χ4n) is 1.83. The number of methoxy groups -OCH3 is 1. The minimum Gasteiger partial charge on any atom is -0.497 e. The Morgan fingerprint density at radius 3 is 2.47 bits per heavy atom. The molecule has 1 aliphatic heterocycles. The van der Waals surface area contributed by atoms with Crippen molar-refractivity contribution in [2.75, 3.05) is 13.7 Å². The van der Waals surface area contributed by atoms with Gasteiger partial charge in [-0.15, -0.1) is 0 Å². The first-order valence-corrected chi connectivity index (χ1v) is 4.98. The van der Waals surface area contributed by atoms with Crippen LogP contribution in [-0.2, 0) is 14.9 Å². The standard InChI is InChI=1S/C12H14O3/c1-12(7-8-15-11(12)13)9-3-5-10(14-2)6-4-9/h3-6H,7-8H2,1-2H3/t12-/m1/s1. The van der Waals surface area contributed by atoms with Gasteiger partial charge in [0.2, 0.25) is 0 Å². The Kier molecular flexibility index (Phi) is 2.39. The van der Waals surface area contributed by atoms with Crippen LogP contribution < -0.4 is 4.74 Å². The van der Waals surface area contributed by atoms with E-state index in [1.165, 1.54) is 0 Å². The smallest absolute Gasteiger partial charge is 0.316 e. The van der Waals surface area contributed by atoms with Crippen LogP contribution in [0.4, 0.5) is 0 Å². The highest BCUT2D eigenvalue weighted by atomic mass is 16.5. The highest BCUT2D eigenvalue weighted by Crippen LogP contribution is 2.34. The van der Waals surface area contributed by atoms with Gasteiger partial charge in [-0.05, 0) is 24.6 Å². The Balaban J connectivity index is 2.32. The van der Waals surface area contributed by atoms with Crippen molar-refractivity contribution in [1.82, 2.24) is 0 Å². The molecule has 1 saturated heterocycles. The molecule has 1 aliphatic rings. The van der Waals surface area contributed by atoms with Crippen molar-refractivity contribution in [3.63, 3.8) is 0 Å². The van der Waals surface area contributed by atoms with Gasteiger partial charge in [0, 0.05) is 6.42 Å². The number of rotatable bonds is 2. The van der Waals surface area contributed by atoms with Gasteiger partial charge < -0.3 is 9.47 Å². The van der Waals surface area contributed by atoms with Gasteiger partial charge in [-0.3, -0.25) is 4.79 Å². The first kappa shape index (κ1) is 10.0. The quantitative estimate of drug-likeness (QED) is 0.693. The lowest BCUT2D eigenvalue weighted by Gasteiger charge is -2.19. The van der Waals surface area contributed by atoms with Crippen LogP contribution in [0.25, 0.3) is 0 Å². The number of carbonyl (C=O) groups excluding carboxylic acids is 1. The lowest BCUT2D eigenvalue weighted by atomic mass is 9.81. The average Bonchev–Trinajstić information content (AvgIpc) is 2.61. The van der Waals surface area contributed by atoms with Crippen LogP contribution in [0.2, 0.25) is 0 Å². The van der Waals surface area contributed by atoms with Crippen LogP contribution in [0, 0.1) is 0 Å². The molecule has 0 unspecified atom stereocenters. The minimum atomic E-state index is -0.480. The average molecular weight is 206 g/mol. The Hall–Kier alpha value is -1.51. The summed E-state index contributed by atoms with van der Waals surface area (Å²) in [6, 6.07) is 7.58. The molecule has 15 heavy (non-hydrogen) atoms. The van der Waals surface area contributed by atoms with Gasteiger partial charge in [-0.25, -0.2) is 0 Å². The Morgan fingerprint density at radius 1 is 1.33 bits per heavy atom. The number of carbonyl (C=O) groups is 1. The molecule has 3 heteroatoms. The van der Waals surface area contributed by atoms with Crippen LogP contribution in [0.3, 0.4) is 0 Å². The molecule has 0 spiro atoms. The third kappa shape index (κ3) is 1.58. The van der Waals surface area contributed by atoms with E-state index in [4.69, 9.17) is 9.47 Å². The van der Waals surface area contributed by atoms with Crippen molar-refractivity contribution in [3.05, 3.63) is 29.8 Å². The molecule has 0 amide bonds. The second kappa shape index (κ2) is 3.57. The lowest BCUT2D eigenvalue weighted by Crippen LogP contribution is -2.27. The van der Waals surface area contributed by atoms with Crippen molar-refractivity contribution in [2.45, 2.75) is 18.8 Å². The summed E-state index contributed by atoms with van der Waals surface area (Å²) in [5.74, 6) is 0.668. The van der Waals surface area contributed by atoms with Crippen molar-refractivity contribution in [1.29, 1.82) is 0 Å². The van der Waals surface area contributed by atoms with Gasteiger partial charge in [0.05, 0.1) is 19.1 Å². The molecule has 0 N–H and O–H groups in total. The van der Waals surface area contributed by atoms with Crippen molar-refractivity contribution >= 4 is 5.97 Å². The third-order valence-electron chi connectivity index (χ3n) is 3.01. The summed E-state index contributed by atoms with van der Waals surface area (Å²) in [6.45, 7) is 2.44. The third-order valence-corrected chi connectivity index (χ3v) is 3.01. The molecule has 1 aromatic carbocycles. The van der Waals surface area contributed by atoms with E-state index in [0.29, 0.717) is 6.61 Å². The normalized spacial score (nSPS) is 25.1. The van der Waals surface area contributed by atoms with Crippen molar-refractivity contribution in [3.8, 4) is 5.75 Å². The van der Waals surface area contributed by atoms with Crippen LogP contribution in [0.1, 0.15) is 18.9 Å². The number of benzene rings is 1. The Labute approximate surface area is 89.0 Å². The van der Waals surface area contributed by atoms with Gasteiger partial charge in [0.1, 0.15) is 5.75 Å². The molecule has 3 nitrogen and oxygen atoms in total. The summed E-state index contributed by atoms with van der Waals surface area (Å²) in [6.07, 6.45) is 0.748. The largest absolute Gasteiger partial charge is 0.497 e. The Bertz CT molecular complexity index is 369. The highest BCUT2D eigenvalue weighted by molar-refractivity contribution is 5.84. The maximum atomic E-state index is 11.6. The highest BCUT2D eigenvalue weighted by Gasteiger charge is 2.41. The van der Waals surface area contributed by atoms with E-state index in [2.05, 4.69) is 0 Å². The van der Waals surface area contributed by atoms with Crippen LogP contribution >= 0.6 is 0 Å². The number of hydrogen-bond acceptors (Lipinski definition) is 3. The fourth-order valence-corrected chi connectivity index (χ4v) is 1.83. The lowest BCUT2D eigenvalue weighted by molar-refractivity contribution is -0.142. The first-order chi connectivity index (χ1) is 7.16. The maximum Gasteiger partial charge on any atom is 0.316 e. The summed E-state index contributed by atoms with van der Waals surface area (Å²) in [4.78, 5) is 11.6. The zero-order chi connectivity index (χ0) is 10.9. The predicted molar refractivity (Wildman–Crippen MR) is 55.9 cm³/mol. The van der Waals surface area contributed by atoms with Crippen molar-refractivity contribution in [2.24, 2.45) is 0 Å². The zero-order valence-corrected chi connectivity index (χ0v) is 8.95. The molecule has 1 fully saturated rings. The van der Waals surface area contributed by atoms with Gasteiger partial charge in [-0.1, -0.05) is 12.1 Å². The number of esters is 1. The Morgan fingerprint density at radius 2 is 2.00 bits per heavy atom. The molecule has 1 atom stereocenters. The van der Waals surface area contributed by atoms with E-state index >= 15 is 0 Å². The molecule has 0 radical (unpaired) electrons. The number of ether oxygens (including phenoxy) is 2. The van der Waals surface area contributed by atoms with Gasteiger partial charge in [0.15, 0.2) is 0 Å². The topological polar surface area (TPSA) is 35.5 Å². The molecule has 0 bridgehead atoms. The molecule has 0 saturated carbocycles. The van der Waals surface area contributed by atoms with Gasteiger partial charge >= 0.3 is 5.97 Å². The molecule has 0 aromatic heterocycles. The summed E-state index contributed by atoms with van der Waals surface area (Å²) >= 11 is 0. The molecule has 80 valence electrons. The van der Waals surface area contributed by atoms with Crippen molar-refractivity contribution < 1.29 is 14.3 Å². The first-order valence-electron chi connectivity index (χ1n) is 4.98. The second-order valence-corrected chi connectivity index (χ2v) is 3.95.